The number of hydrogen-bond donors (Lipinski definition) is 1. The van der Waals surface area contributed by atoms with Crippen LogP contribution >= 0.6 is 0 Å². The van der Waals surface area contributed by atoms with E-state index >= 15 is 0 Å². The Balaban J connectivity index is 1.99. The van der Waals surface area contributed by atoms with E-state index in [9.17, 15) is 4.39 Å². The molecule has 2 aromatic heterocycles. The number of rotatable bonds is 5. The average molecular weight is 311 g/mol. The summed E-state index contributed by atoms with van der Waals surface area (Å²) in [5, 5.41) is 4.60. The summed E-state index contributed by atoms with van der Waals surface area (Å²) in [6.07, 6.45) is 2.90. The van der Waals surface area contributed by atoms with Gasteiger partial charge < -0.3 is 9.88 Å². The number of hydrogen-bond acceptors (Lipinski definition) is 2. The molecule has 0 saturated heterocycles. The van der Waals surface area contributed by atoms with E-state index in [1.807, 2.05) is 12.3 Å². The predicted molar refractivity (Wildman–Crippen MR) is 93.2 cm³/mol. The standard InChI is InChI=1S/C19H22FN3/c1-4-10-23-14(3)13(2)17-8-9-21-19(18(17)23)22-12-15-6-5-7-16(20)11-15/h5-9,11H,4,10,12H2,1-3H3,(H,21,22). The van der Waals surface area contributed by atoms with Crippen LogP contribution < -0.4 is 5.32 Å². The van der Waals surface area contributed by atoms with Gasteiger partial charge in [0.25, 0.3) is 0 Å². The molecule has 3 rings (SSSR count). The van der Waals surface area contributed by atoms with Crippen LogP contribution in [0.15, 0.2) is 36.5 Å². The highest BCUT2D eigenvalue weighted by Gasteiger charge is 2.14. The second-order valence-corrected chi connectivity index (χ2v) is 5.90. The third kappa shape index (κ3) is 2.93. The van der Waals surface area contributed by atoms with E-state index in [1.54, 1.807) is 12.1 Å². The molecule has 0 unspecified atom stereocenters. The molecule has 3 nitrogen and oxygen atoms in total. The minimum Gasteiger partial charge on any atom is -0.364 e. The van der Waals surface area contributed by atoms with Gasteiger partial charge in [0.2, 0.25) is 0 Å². The number of nitrogens with zero attached hydrogens (tertiary/aromatic N) is 2. The van der Waals surface area contributed by atoms with E-state index in [0.717, 1.165) is 29.9 Å². The van der Waals surface area contributed by atoms with E-state index in [1.165, 1.54) is 22.7 Å². The van der Waals surface area contributed by atoms with Gasteiger partial charge in [0.15, 0.2) is 5.82 Å². The van der Waals surface area contributed by atoms with Gasteiger partial charge in [0.1, 0.15) is 5.82 Å². The summed E-state index contributed by atoms with van der Waals surface area (Å²) in [5.74, 6) is 0.646. The van der Waals surface area contributed by atoms with Gasteiger partial charge in [-0.05, 0) is 49.6 Å². The number of anilines is 1. The third-order valence-electron chi connectivity index (χ3n) is 4.34. The smallest absolute Gasteiger partial charge is 0.150 e. The fourth-order valence-electron chi connectivity index (χ4n) is 3.06. The molecule has 0 amide bonds. The lowest BCUT2D eigenvalue weighted by atomic mass is 10.2. The van der Waals surface area contributed by atoms with Crippen LogP contribution in [0.2, 0.25) is 0 Å². The summed E-state index contributed by atoms with van der Waals surface area (Å²) in [6, 6.07) is 8.72. The fourth-order valence-corrected chi connectivity index (χ4v) is 3.06. The fraction of sp³-hybridized carbons (Fsp3) is 0.316. The second kappa shape index (κ2) is 6.41. The molecular weight excluding hydrogens is 289 g/mol. The number of aromatic nitrogens is 2. The molecule has 0 fully saturated rings. The predicted octanol–water partition coefficient (Wildman–Crippen LogP) is 4.81. The lowest BCUT2D eigenvalue weighted by Crippen LogP contribution is -2.06. The Morgan fingerprint density at radius 3 is 2.78 bits per heavy atom. The van der Waals surface area contributed by atoms with Crippen LogP contribution in [-0.2, 0) is 13.1 Å². The summed E-state index contributed by atoms with van der Waals surface area (Å²) in [4.78, 5) is 4.52. The number of fused-ring (bicyclic) bond motifs is 1. The van der Waals surface area contributed by atoms with Gasteiger partial charge in [-0.2, -0.15) is 0 Å². The summed E-state index contributed by atoms with van der Waals surface area (Å²) in [5.41, 5.74) is 4.62. The molecule has 4 heteroatoms. The minimum absolute atomic E-state index is 0.212. The number of pyridine rings is 1. The Morgan fingerprint density at radius 1 is 1.22 bits per heavy atom. The maximum absolute atomic E-state index is 13.3. The van der Waals surface area contributed by atoms with Crippen LogP contribution in [0.4, 0.5) is 10.2 Å². The van der Waals surface area contributed by atoms with Crippen LogP contribution in [0.25, 0.3) is 10.9 Å². The van der Waals surface area contributed by atoms with Crippen molar-refractivity contribution in [3.05, 3.63) is 59.2 Å². The molecule has 0 aliphatic carbocycles. The Morgan fingerprint density at radius 2 is 2.04 bits per heavy atom. The van der Waals surface area contributed by atoms with E-state index in [0.29, 0.717) is 6.54 Å². The molecular formula is C19H22FN3. The molecule has 3 aromatic rings. The van der Waals surface area contributed by atoms with Crippen LogP contribution in [0.5, 0.6) is 0 Å². The molecule has 0 radical (unpaired) electrons. The van der Waals surface area contributed by atoms with E-state index in [2.05, 4.69) is 41.7 Å². The van der Waals surface area contributed by atoms with Gasteiger partial charge in [0.05, 0.1) is 5.52 Å². The van der Waals surface area contributed by atoms with Gasteiger partial charge in [0, 0.05) is 30.4 Å². The van der Waals surface area contributed by atoms with Crippen LogP contribution in [0.3, 0.4) is 0 Å². The highest BCUT2D eigenvalue weighted by Crippen LogP contribution is 2.30. The molecule has 0 atom stereocenters. The zero-order valence-electron chi connectivity index (χ0n) is 13.9. The van der Waals surface area contributed by atoms with Crippen molar-refractivity contribution in [1.29, 1.82) is 0 Å². The van der Waals surface area contributed by atoms with Crippen molar-refractivity contribution in [2.24, 2.45) is 0 Å². The lowest BCUT2D eigenvalue weighted by Gasteiger charge is -2.11. The molecule has 120 valence electrons. The van der Waals surface area contributed by atoms with Crippen molar-refractivity contribution in [2.45, 2.75) is 40.3 Å². The van der Waals surface area contributed by atoms with Gasteiger partial charge in [-0.15, -0.1) is 0 Å². The molecule has 0 spiro atoms. The topological polar surface area (TPSA) is 29.9 Å². The van der Waals surface area contributed by atoms with Gasteiger partial charge >= 0.3 is 0 Å². The van der Waals surface area contributed by atoms with Crippen LogP contribution in [0.1, 0.15) is 30.2 Å². The zero-order chi connectivity index (χ0) is 16.4. The molecule has 1 aromatic carbocycles. The van der Waals surface area contributed by atoms with Crippen molar-refractivity contribution in [3.63, 3.8) is 0 Å². The SMILES string of the molecule is CCCn1c(C)c(C)c2ccnc(NCc3cccc(F)c3)c21. The highest BCUT2D eigenvalue weighted by atomic mass is 19.1. The maximum atomic E-state index is 13.3. The maximum Gasteiger partial charge on any atom is 0.150 e. The quantitative estimate of drug-likeness (QED) is 0.732. The van der Waals surface area contributed by atoms with Crippen molar-refractivity contribution < 1.29 is 4.39 Å². The van der Waals surface area contributed by atoms with Crippen molar-refractivity contribution in [2.75, 3.05) is 5.32 Å². The number of halogens is 1. The van der Waals surface area contributed by atoms with E-state index < -0.39 is 0 Å². The molecule has 0 aliphatic rings. The molecule has 0 aliphatic heterocycles. The summed E-state index contributed by atoms with van der Waals surface area (Å²) >= 11 is 0. The first-order chi connectivity index (χ1) is 11.1. The first kappa shape index (κ1) is 15.5. The number of aryl methyl sites for hydroxylation is 2. The van der Waals surface area contributed by atoms with Gasteiger partial charge in [-0.25, -0.2) is 9.37 Å². The summed E-state index contributed by atoms with van der Waals surface area (Å²) < 4.78 is 15.6. The molecule has 0 bridgehead atoms. The normalized spacial score (nSPS) is 11.1. The second-order valence-electron chi connectivity index (χ2n) is 5.90. The summed E-state index contributed by atoms with van der Waals surface area (Å²) in [6.45, 7) is 8.01. The third-order valence-corrected chi connectivity index (χ3v) is 4.34. The largest absolute Gasteiger partial charge is 0.364 e. The van der Waals surface area contributed by atoms with Crippen molar-refractivity contribution in [3.8, 4) is 0 Å². The summed E-state index contributed by atoms with van der Waals surface area (Å²) in [7, 11) is 0. The van der Waals surface area contributed by atoms with Crippen molar-refractivity contribution in [1.82, 2.24) is 9.55 Å². The van der Waals surface area contributed by atoms with Crippen LogP contribution in [0, 0.1) is 19.7 Å². The monoisotopic (exact) mass is 311 g/mol. The number of nitrogens with one attached hydrogen (secondary N) is 1. The Kier molecular flexibility index (Phi) is 4.33. The van der Waals surface area contributed by atoms with Crippen molar-refractivity contribution >= 4 is 16.7 Å². The lowest BCUT2D eigenvalue weighted by molar-refractivity contribution is 0.626. The average Bonchev–Trinajstić information content (AvgIpc) is 2.79. The van der Waals surface area contributed by atoms with E-state index in [4.69, 9.17) is 0 Å². The van der Waals surface area contributed by atoms with Crippen LogP contribution in [-0.4, -0.2) is 9.55 Å². The van der Waals surface area contributed by atoms with Gasteiger partial charge in [-0.1, -0.05) is 19.1 Å². The Hall–Kier alpha value is -2.36. The molecule has 23 heavy (non-hydrogen) atoms. The highest BCUT2D eigenvalue weighted by molar-refractivity contribution is 5.93. The first-order valence-electron chi connectivity index (χ1n) is 8.04. The molecule has 0 saturated carbocycles. The van der Waals surface area contributed by atoms with Gasteiger partial charge in [-0.3, -0.25) is 0 Å². The minimum atomic E-state index is -0.212. The molecule has 1 N–H and O–H groups in total. The molecule has 2 heterocycles. The Bertz CT molecular complexity index is 836. The zero-order valence-corrected chi connectivity index (χ0v) is 13.9. The Labute approximate surface area is 136 Å². The number of benzene rings is 1. The first-order valence-corrected chi connectivity index (χ1v) is 8.04. The van der Waals surface area contributed by atoms with E-state index in [-0.39, 0.29) is 5.82 Å².